The van der Waals surface area contributed by atoms with E-state index in [1.54, 1.807) is 0 Å². The number of primary amides is 1. The minimum atomic E-state index is -1.08. The molecule has 1 heterocycles. The number of aliphatic hydroxyl groups is 1. The number of piperidine rings is 1. The van der Waals surface area contributed by atoms with E-state index in [2.05, 4.69) is 24.1 Å². The fraction of sp³-hybridized carbons (Fsp3) is 0.923. The normalized spacial score (nSPS) is 24.7. The third kappa shape index (κ3) is 4.92. The van der Waals surface area contributed by atoms with E-state index in [4.69, 9.17) is 5.73 Å². The van der Waals surface area contributed by atoms with Gasteiger partial charge in [-0.2, -0.15) is 0 Å². The molecule has 18 heavy (non-hydrogen) atoms. The molecule has 0 aromatic heterocycles. The van der Waals surface area contributed by atoms with Crippen LogP contribution in [0.3, 0.4) is 0 Å². The van der Waals surface area contributed by atoms with Crippen molar-refractivity contribution in [2.45, 2.75) is 45.3 Å². The van der Waals surface area contributed by atoms with Gasteiger partial charge in [-0.15, -0.1) is 0 Å². The first-order valence-electron chi connectivity index (χ1n) is 6.97. The lowest BCUT2D eigenvalue weighted by atomic mass is 9.91. The van der Waals surface area contributed by atoms with Crippen LogP contribution in [0.25, 0.3) is 0 Å². The van der Waals surface area contributed by atoms with Gasteiger partial charge in [0.1, 0.15) is 6.10 Å². The Labute approximate surface area is 110 Å². The summed E-state index contributed by atoms with van der Waals surface area (Å²) in [6.07, 6.45) is 2.55. The number of aliphatic hydroxyl groups excluding tert-OH is 1. The molecular formula is C13H27N3O2. The van der Waals surface area contributed by atoms with Gasteiger partial charge in [0.2, 0.25) is 5.91 Å². The SMILES string of the molecule is CCCN1CCCC(C(C)NCC(O)C(N)=O)C1. The van der Waals surface area contributed by atoms with Crippen molar-refractivity contribution in [3.8, 4) is 0 Å². The molecule has 3 atom stereocenters. The smallest absolute Gasteiger partial charge is 0.247 e. The predicted octanol–water partition coefficient (Wildman–Crippen LogP) is -0.0673. The number of likely N-dealkylation sites (tertiary alicyclic amines) is 1. The van der Waals surface area contributed by atoms with Gasteiger partial charge in [0.25, 0.3) is 0 Å². The molecule has 1 aliphatic heterocycles. The van der Waals surface area contributed by atoms with Gasteiger partial charge in [-0.1, -0.05) is 6.92 Å². The Morgan fingerprint density at radius 3 is 2.94 bits per heavy atom. The average molecular weight is 257 g/mol. The van der Waals surface area contributed by atoms with Gasteiger partial charge in [-0.3, -0.25) is 4.79 Å². The number of nitrogens with zero attached hydrogens (tertiary/aromatic N) is 1. The zero-order chi connectivity index (χ0) is 13.5. The third-order valence-electron chi connectivity index (χ3n) is 3.75. The fourth-order valence-electron chi connectivity index (χ4n) is 2.58. The van der Waals surface area contributed by atoms with Crippen LogP contribution in [-0.2, 0) is 4.79 Å². The summed E-state index contributed by atoms with van der Waals surface area (Å²) in [7, 11) is 0. The molecule has 1 fully saturated rings. The molecule has 0 bridgehead atoms. The summed E-state index contributed by atoms with van der Waals surface area (Å²) in [4.78, 5) is 13.2. The minimum absolute atomic E-state index is 0.251. The highest BCUT2D eigenvalue weighted by Gasteiger charge is 2.24. The van der Waals surface area contributed by atoms with Crippen molar-refractivity contribution in [3.05, 3.63) is 0 Å². The second-order valence-corrected chi connectivity index (χ2v) is 5.32. The van der Waals surface area contributed by atoms with Crippen LogP contribution < -0.4 is 11.1 Å². The minimum Gasteiger partial charge on any atom is -0.382 e. The highest BCUT2D eigenvalue weighted by Crippen LogP contribution is 2.19. The first-order valence-corrected chi connectivity index (χ1v) is 6.97. The topological polar surface area (TPSA) is 78.6 Å². The highest BCUT2D eigenvalue weighted by atomic mass is 16.3. The van der Waals surface area contributed by atoms with Gasteiger partial charge in [-0.05, 0) is 45.2 Å². The molecule has 1 amide bonds. The Hall–Kier alpha value is -0.650. The van der Waals surface area contributed by atoms with E-state index in [0.717, 1.165) is 13.1 Å². The summed E-state index contributed by atoms with van der Waals surface area (Å²) in [5, 5.41) is 12.6. The number of hydrogen-bond acceptors (Lipinski definition) is 4. The van der Waals surface area contributed by atoms with Crippen molar-refractivity contribution >= 4 is 5.91 Å². The van der Waals surface area contributed by atoms with Crippen molar-refractivity contribution in [2.75, 3.05) is 26.2 Å². The molecule has 1 rings (SSSR count). The van der Waals surface area contributed by atoms with Gasteiger partial charge >= 0.3 is 0 Å². The lowest BCUT2D eigenvalue weighted by Gasteiger charge is -2.36. The summed E-state index contributed by atoms with van der Waals surface area (Å²) in [6, 6.07) is 0.304. The summed E-state index contributed by atoms with van der Waals surface area (Å²) in [5.41, 5.74) is 5.03. The Balaban J connectivity index is 2.32. The van der Waals surface area contributed by atoms with Crippen LogP contribution in [0.4, 0.5) is 0 Å². The molecule has 4 N–H and O–H groups in total. The van der Waals surface area contributed by atoms with Crippen LogP contribution in [0.5, 0.6) is 0 Å². The summed E-state index contributed by atoms with van der Waals surface area (Å²) >= 11 is 0. The second kappa shape index (κ2) is 7.71. The maximum Gasteiger partial charge on any atom is 0.247 e. The van der Waals surface area contributed by atoms with Gasteiger partial charge < -0.3 is 21.1 Å². The first kappa shape index (κ1) is 15.4. The zero-order valence-corrected chi connectivity index (χ0v) is 11.6. The number of carbonyl (C=O) groups excluding carboxylic acids is 1. The molecule has 1 aliphatic rings. The standard InChI is InChI=1S/C13H27N3O2/c1-3-6-16-7-4-5-11(9-16)10(2)15-8-12(17)13(14)18/h10-12,15,17H,3-9H2,1-2H3,(H2,14,18). The van der Waals surface area contributed by atoms with Crippen molar-refractivity contribution < 1.29 is 9.90 Å². The van der Waals surface area contributed by atoms with E-state index in [1.165, 1.54) is 25.8 Å². The Morgan fingerprint density at radius 1 is 1.61 bits per heavy atom. The molecule has 0 saturated carbocycles. The number of nitrogens with one attached hydrogen (secondary N) is 1. The lowest BCUT2D eigenvalue weighted by Crippen LogP contribution is -2.48. The Bertz CT molecular complexity index is 259. The van der Waals surface area contributed by atoms with Crippen LogP contribution in [0.2, 0.25) is 0 Å². The maximum atomic E-state index is 10.7. The van der Waals surface area contributed by atoms with Gasteiger partial charge in [0.05, 0.1) is 0 Å². The Kier molecular flexibility index (Phi) is 6.60. The molecule has 106 valence electrons. The van der Waals surface area contributed by atoms with E-state index in [1.807, 2.05) is 0 Å². The van der Waals surface area contributed by atoms with E-state index < -0.39 is 12.0 Å². The van der Waals surface area contributed by atoms with Gasteiger partial charge in [0.15, 0.2) is 0 Å². The molecule has 1 saturated heterocycles. The summed E-state index contributed by atoms with van der Waals surface area (Å²) in [5.74, 6) is -0.0728. The molecule has 5 heteroatoms. The molecule has 3 unspecified atom stereocenters. The van der Waals surface area contributed by atoms with Gasteiger partial charge in [-0.25, -0.2) is 0 Å². The number of hydrogen-bond donors (Lipinski definition) is 3. The van der Waals surface area contributed by atoms with Crippen LogP contribution in [0, 0.1) is 5.92 Å². The van der Waals surface area contributed by atoms with Crippen LogP contribution in [-0.4, -0.2) is 54.2 Å². The van der Waals surface area contributed by atoms with E-state index in [0.29, 0.717) is 12.0 Å². The van der Waals surface area contributed by atoms with E-state index >= 15 is 0 Å². The van der Waals surface area contributed by atoms with Crippen LogP contribution in [0.15, 0.2) is 0 Å². The van der Waals surface area contributed by atoms with Crippen molar-refractivity contribution in [1.82, 2.24) is 10.2 Å². The zero-order valence-electron chi connectivity index (χ0n) is 11.6. The van der Waals surface area contributed by atoms with Crippen molar-refractivity contribution in [2.24, 2.45) is 11.7 Å². The monoisotopic (exact) mass is 257 g/mol. The second-order valence-electron chi connectivity index (χ2n) is 5.32. The molecule has 0 radical (unpaired) electrons. The maximum absolute atomic E-state index is 10.7. The largest absolute Gasteiger partial charge is 0.382 e. The number of rotatable bonds is 7. The summed E-state index contributed by atoms with van der Waals surface area (Å²) < 4.78 is 0. The number of carbonyl (C=O) groups is 1. The average Bonchev–Trinajstić information content (AvgIpc) is 2.36. The van der Waals surface area contributed by atoms with E-state index in [9.17, 15) is 9.90 Å². The molecular weight excluding hydrogens is 230 g/mol. The number of amides is 1. The highest BCUT2D eigenvalue weighted by molar-refractivity contribution is 5.78. The van der Waals surface area contributed by atoms with Crippen molar-refractivity contribution in [3.63, 3.8) is 0 Å². The van der Waals surface area contributed by atoms with Gasteiger partial charge in [0, 0.05) is 19.1 Å². The predicted molar refractivity (Wildman–Crippen MR) is 72.1 cm³/mol. The molecule has 0 aromatic rings. The number of nitrogens with two attached hydrogens (primary N) is 1. The third-order valence-corrected chi connectivity index (χ3v) is 3.75. The van der Waals surface area contributed by atoms with Crippen LogP contribution in [0.1, 0.15) is 33.1 Å². The quantitative estimate of drug-likeness (QED) is 0.597. The van der Waals surface area contributed by atoms with Crippen molar-refractivity contribution in [1.29, 1.82) is 0 Å². The molecule has 5 nitrogen and oxygen atoms in total. The first-order chi connectivity index (χ1) is 8.54. The molecule has 0 aromatic carbocycles. The Morgan fingerprint density at radius 2 is 2.33 bits per heavy atom. The molecule has 0 spiro atoms. The summed E-state index contributed by atoms with van der Waals surface area (Å²) in [6.45, 7) is 8.03. The fourth-order valence-corrected chi connectivity index (χ4v) is 2.58. The van der Waals surface area contributed by atoms with E-state index in [-0.39, 0.29) is 6.54 Å². The molecule has 0 aliphatic carbocycles. The lowest BCUT2D eigenvalue weighted by molar-refractivity contribution is -0.125. The van der Waals surface area contributed by atoms with Crippen LogP contribution >= 0.6 is 0 Å².